The zero-order chi connectivity index (χ0) is 24.4. The summed E-state index contributed by atoms with van der Waals surface area (Å²) in [6.07, 6.45) is -2.99. The summed E-state index contributed by atoms with van der Waals surface area (Å²) in [5, 5.41) is 3.25. The Balaban J connectivity index is 2.14. The highest BCUT2D eigenvalue weighted by molar-refractivity contribution is 7.16. The molecule has 0 bridgehead atoms. The predicted molar refractivity (Wildman–Crippen MR) is 112 cm³/mol. The van der Waals surface area contributed by atoms with Gasteiger partial charge in [0.2, 0.25) is 0 Å². The van der Waals surface area contributed by atoms with Crippen molar-refractivity contribution in [3.63, 3.8) is 0 Å². The first-order chi connectivity index (χ1) is 15.5. The summed E-state index contributed by atoms with van der Waals surface area (Å²) < 4.78 is 62.0. The molecule has 4 N–H and O–H groups in total. The number of nitrogens with two attached hydrogens (primary N) is 1. The molecule has 1 aromatic heterocycles. The van der Waals surface area contributed by atoms with E-state index in [0.717, 1.165) is 36.3 Å². The quantitative estimate of drug-likeness (QED) is 0.314. The number of halogens is 4. The third-order valence-electron chi connectivity index (χ3n) is 5.15. The number of benzene rings is 1. The van der Waals surface area contributed by atoms with Gasteiger partial charge in [-0.05, 0) is 50.3 Å². The number of nitrogens with one attached hydrogen (secondary N) is 2. The zero-order valence-corrected chi connectivity index (χ0v) is 18.3. The third-order valence-corrected chi connectivity index (χ3v) is 6.35. The SMILES string of the molecule is CCOC(=O)[C@@](NC(=O)c1ccccc1F)(Nc1sc2c(c1C(N)=O)CCCC2)C(F)(F)F. The number of alkyl halides is 3. The number of amides is 2. The minimum atomic E-state index is -5.44. The van der Waals surface area contributed by atoms with Crippen LogP contribution in [-0.4, -0.2) is 36.2 Å². The van der Waals surface area contributed by atoms with Crippen LogP contribution in [0.25, 0.3) is 0 Å². The number of esters is 1. The molecule has 7 nitrogen and oxygen atoms in total. The van der Waals surface area contributed by atoms with Gasteiger partial charge < -0.3 is 21.1 Å². The van der Waals surface area contributed by atoms with Crippen LogP contribution >= 0.6 is 11.3 Å². The number of aryl methyl sites for hydroxylation is 1. The van der Waals surface area contributed by atoms with Crippen molar-refractivity contribution in [1.29, 1.82) is 0 Å². The van der Waals surface area contributed by atoms with Crippen LogP contribution in [0.3, 0.4) is 0 Å². The normalized spacial score (nSPS) is 15.2. The lowest BCUT2D eigenvalue weighted by Crippen LogP contribution is -2.69. The second-order valence-corrected chi connectivity index (χ2v) is 8.41. The Morgan fingerprint density at radius 3 is 2.42 bits per heavy atom. The van der Waals surface area contributed by atoms with Crippen LogP contribution in [-0.2, 0) is 22.4 Å². The zero-order valence-electron chi connectivity index (χ0n) is 17.5. The van der Waals surface area contributed by atoms with Crippen LogP contribution < -0.4 is 16.4 Å². The fraction of sp³-hybridized carbons (Fsp3) is 0.381. The van der Waals surface area contributed by atoms with E-state index in [1.54, 1.807) is 5.32 Å². The molecule has 0 unspecified atom stereocenters. The molecule has 2 amide bonds. The van der Waals surface area contributed by atoms with E-state index in [0.29, 0.717) is 23.3 Å². The molecule has 0 spiro atoms. The van der Waals surface area contributed by atoms with Gasteiger partial charge in [0.1, 0.15) is 10.8 Å². The number of carbonyl (C=O) groups is 3. The number of primary amides is 1. The number of anilines is 1. The molecular weight excluding hydrogens is 466 g/mol. The minimum absolute atomic E-state index is 0.173. The van der Waals surface area contributed by atoms with Crippen LogP contribution in [0, 0.1) is 5.82 Å². The Morgan fingerprint density at radius 2 is 1.82 bits per heavy atom. The van der Waals surface area contributed by atoms with Crippen molar-refractivity contribution in [2.24, 2.45) is 5.73 Å². The molecule has 12 heteroatoms. The fourth-order valence-electron chi connectivity index (χ4n) is 3.60. The van der Waals surface area contributed by atoms with Gasteiger partial charge in [-0.15, -0.1) is 11.3 Å². The Labute approximate surface area is 190 Å². The summed E-state index contributed by atoms with van der Waals surface area (Å²) in [6.45, 7) is 0.855. The van der Waals surface area contributed by atoms with Crippen molar-refractivity contribution in [2.75, 3.05) is 11.9 Å². The summed E-state index contributed by atoms with van der Waals surface area (Å²) in [6, 6.07) is 4.36. The molecule has 0 aliphatic heterocycles. The minimum Gasteiger partial charge on any atom is -0.463 e. The first-order valence-electron chi connectivity index (χ1n) is 10.0. The van der Waals surface area contributed by atoms with E-state index in [1.165, 1.54) is 19.1 Å². The molecule has 1 aliphatic carbocycles. The average Bonchev–Trinajstić information content (AvgIpc) is 3.10. The van der Waals surface area contributed by atoms with Crippen LogP contribution in [0.2, 0.25) is 0 Å². The van der Waals surface area contributed by atoms with Gasteiger partial charge in [0.15, 0.2) is 0 Å². The predicted octanol–water partition coefficient (Wildman–Crippen LogP) is 3.53. The van der Waals surface area contributed by atoms with Crippen LogP contribution in [0.1, 0.15) is 50.9 Å². The largest absolute Gasteiger partial charge is 0.463 e. The molecular formula is C21H21F4N3O4S. The Kier molecular flexibility index (Phi) is 6.96. The number of fused-ring (bicyclic) bond motifs is 1. The lowest BCUT2D eigenvalue weighted by atomic mass is 9.95. The maximum Gasteiger partial charge on any atom is 0.441 e. The molecule has 1 atom stereocenters. The molecule has 0 saturated heterocycles. The topological polar surface area (TPSA) is 111 Å². The molecule has 1 aromatic carbocycles. The summed E-state index contributed by atoms with van der Waals surface area (Å²) in [5.74, 6) is -5.44. The van der Waals surface area contributed by atoms with Gasteiger partial charge in [-0.3, -0.25) is 9.59 Å². The standard InChI is InChI=1S/C21H21F4N3O4S/c1-2-32-19(31)20(21(23,24)25,27-17(30)11-7-3-5-9-13(11)22)28-18-15(16(26)29)12-8-4-6-10-14(12)33-18/h3,5,7,9,28H,2,4,6,8,10H2,1H3,(H2,26,29)(H,27,30)/t20-/m1/s1. The van der Waals surface area contributed by atoms with E-state index in [9.17, 15) is 31.9 Å². The molecule has 33 heavy (non-hydrogen) atoms. The highest BCUT2D eigenvalue weighted by atomic mass is 32.1. The van der Waals surface area contributed by atoms with E-state index in [4.69, 9.17) is 5.73 Å². The van der Waals surface area contributed by atoms with Crippen molar-refractivity contribution in [3.05, 3.63) is 51.7 Å². The van der Waals surface area contributed by atoms with Crippen molar-refractivity contribution in [2.45, 2.75) is 44.4 Å². The Hall–Kier alpha value is -3.15. The van der Waals surface area contributed by atoms with Crippen molar-refractivity contribution in [1.82, 2.24) is 5.32 Å². The van der Waals surface area contributed by atoms with E-state index >= 15 is 0 Å². The average molecular weight is 487 g/mol. The fourth-order valence-corrected chi connectivity index (χ4v) is 4.95. The van der Waals surface area contributed by atoms with Crippen molar-refractivity contribution >= 4 is 34.1 Å². The highest BCUT2D eigenvalue weighted by Gasteiger charge is 2.64. The first-order valence-corrected chi connectivity index (χ1v) is 10.9. The van der Waals surface area contributed by atoms with Crippen LogP contribution in [0.5, 0.6) is 0 Å². The molecule has 0 fully saturated rings. The third kappa shape index (κ3) is 4.65. The van der Waals surface area contributed by atoms with E-state index in [1.807, 2.05) is 5.32 Å². The first kappa shape index (κ1) is 24.5. The second kappa shape index (κ2) is 9.38. The number of ether oxygens (including phenoxy) is 1. The molecule has 1 aliphatic rings. The van der Waals surface area contributed by atoms with Gasteiger partial charge in [-0.2, -0.15) is 13.2 Å². The molecule has 0 radical (unpaired) electrons. The van der Waals surface area contributed by atoms with Gasteiger partial charge in [-0.1, -0.05) is 12.1 Å². The van der Waals surface area contributed by atoms with E-state index < -0.39 is 47.6 Å². The smallest absolute Gasteiger partial charge is 0.441 e. The Bertz CT molecular complexity index is 1090. The second-order valence-electron chi connectivity index (χ2n) is 7.31. The monoisotopic (exact) mass is 487 g/mol. The highest BCUT2D eigenvalue weighted by Crippen LogP contribution is 2.42. The van der Waals surface area contributed by atoms with Crippen LogP contribution in [0.15, 0.2) is 24.3 Å². The number of hydrogen-bond acceptors (Lipinski definition) is 6. The molecule has 1 heterocycles. The summed E-state index contributed by atoms with van der Waals surface area (Å²) in [5.41, 5.74) is 1.28. The summed E-state index contributed by atoms with van der Waals surface area (Å²) in [7, 11) is 0. The van der Waals surface area contributed by atoms with E-state index in [2.05, 4.69) is 4.74 Å². The van der Waals surface area contributed by atoms with Gasteiger partial charge in [0.25, 0.3) is 11.8 Å². The number of hydrogen-bond donors (Lipinski definition) is 3. The molecule has 3 rings (SSSR count). The lowest BCUT2D eigenvalue weighted by Gasteiger charge is -2.35. The molecule has 2 aromatic rings. The Morgan fingerprint density at radius 1 is 1.15 bits per heavy atom. The van der Waals surface area contributed by atoms with Gasteiger partial charge in [-0.25, -0.2) is 9.18 Å². The van der Waals surface area contributed by atoms with Crippen molar-refractivity contribution in [3.8, 4) is 0 Å². The van der Waals surface area contributed by atoms with Gasteiger partial charge >= 0.3 is 17.8 Å². The number of rotatable bonds is 7. The summed E-state index contributed by atoms with van der Waals surface area (Å²) in [4.78, 5) is 38.1. The van der Waals surface area contributed by atoms with Crippen molar-refractivity contribution < 1.29 is 36.7 Å². The molecule has 178 valence electrons. The number of thiophene rings is 1. The van der Waals surface area contributed by atoms with Gasteiger partial charge in [0.05, 0.1) is 17.7 Å². The summed E-state index contributed by atoms with van der Waals surface area (Å²) >= 11 is 0.850. The molecule has 0 saturated carbocycles. The van der Waals surface area contributed by atoms with Crippen LogP contribution in [0.4, 0.5) is 22.6 Å². The number of carbonyl (C=O) groups excluding carboxylic acids is 3. The van der Waals surface area contributed by atoms with E-state index in [-0.39, 0.29) is 10.6 Å². The van der Waals surface area contributed by atoms with Gasteiger partial charge in [0, 0.05) is 4.88 Å². The lowest BCUT2D eigenvalue weighted by molar-refractivity contribution is -0.204. The maximum absolute atomic E-state index is 14.4. The maximum atomic E-state index is 14.4.